The lowest BCUT2D eigenvalue weighted by Gasteiger charge is -2.08. The Morgan fingerprint density at radius 2 is 1.65 bits per heavy atom. The van der Waals surface area contributed by atoms with Crippen LogP contribution >= 0.6 is 0 Å². The van der Waals surface area contributed by atoms with Crippen molar-refractivity contribution in [2.75, 3.05) is 19.5 Å². The van der Waals surface area contributed by atoms with Crippen molar-refractivity contribution in [2.24, 2.45) is 5.10 Å². The summed E-state index contributed by atoms with van der Waals surface area (Å²) in [4.78, 5) is 24.8. The number of benzene rings is 3. The number of hydrazone groups is 1. The SMILES string of the molecule is COc1ccc(C=NNC(=O)c2cccc(NC(=O)c3ccc(C)cc3)c2)c(OC)c1. The Balaban J connectivity index is 1.65. The highest BCUT2D eigenvalue weighted by Gasteiger charge is 2.09. The van der Waals surface area contributed by atoms with Gasteiger partial charge in [0.05, 0.1) is 20.4 Å². The van der Waals surface area contributed by atoms with E-state index in [2.05, 4.69) is 15.8 Å². The van der Waals surface area contributed by atoms with Crippen LogP contribution < -0.4 is 20.2 Å². The first kappa shape index (κ1) is 21.6. The van der Waals surface area contributed by atoms with E-state index in [0.717, 1.165) is 5.56 Å². The quantitative estimate of drug-likeness (QED) is 0.449. The van der Waals surface area contributed by atoms with Gasteiger partial charge in [0.15, 0.2) is 0 Å². The second kappa shape index (κ2) is 10.1. The molecule has 31 heavy (non-hydrogen) atoms. The Morgan fingerprint density at radius 1 is 0.871 bits per heavy atom. The lowest BCUT2D eigenvalue weighted by molar-refractivity contribution is 0.0953. The maximum absolute atomic E-state index is 12.4. The number of nitrogens with zero attached hydrogens (tertiary/aromatic N) is 1. The molecule has 0 aliphatic carbocycles. The van der Waals surface area contributed by atoms with Crippen LogP contribution in [0.25, 0.3) is 0 Å². The van der Waals surface area contributed by atoms with Gasteiger partial charge in [-0.15, -0.1) is 0 Å². The van der Waals surface area contributed by atoms with Gasteiger partial charge in [0.25, 0.3) is 11.8 Å². The van der Waals surface area contributed by atoms with E-state index in [0.29, 0.717) is 33.9 Å². The minimum atomic E-state index is -0.407. The van der Waals surface area contributed by atoms with Crippen LogP contribution in [0.1, 0.15) is 31.8 Å². The zero-order valence-electron chi connectivity index (χ0n) is 17.5. The Kier molecular flexibility index (Phi) is 7.01. The summed E-state index contributed by atoms with van der Waals surface area (Å²) in [5.41, 5.74) is 5.65. The minimum absolute atomic E-state index is 0.248. The zero-order chi connectivity index (χ0) is 22.2. The van der Waals surface area contributed by atoms with E-state index >= 15 is 0 Å². The molecule has 0 aromatic heterocycles. The van der Waals surface area contributed by atoms with Gasteiger partial charge < -0.3 is 14.8 Å². The molecule has 7 nitrogen and oxygen atoms in total. The number of amides is 2. The van der Waals surface area contributed by atoms with E-state index in [4.69, 9.17) is 9.47 Å². The second-order valence-corrected chi connectivity index (χ2v) is 6.71. The summed E-state index contributed by atoms with van der Waals surface area (Å²) in [7, 11) is 3.11. The maximum atomic E-state index is 12.4. The van der Waals surface area contributed by atoms with Gasteiger partial charge in [-0.2, -0.15) is 5.10 Å². The molecule has 0 aliphatic rings. The number of hydrogen-bond acceptors (Lipinski definition) is 5. The Labute approximate surface area is 180 Å². The van der Waals surface area contributed by atoms with Gasteiger partial charge in [0, 0.05) is 28.4 Å². The molecule has 0 heterocycles. The number of hydrogen-bond donors (Lipinski definition) is 2. The molecule has 0 atom stereocenters. The van der Waals surface area contributed by atoms with Gasteiger partial charge in [0.1, 0.15) is 11.5 Å². The second-order valence-electron chi connectivity index (χ2n) is 6.71. The summed E-state index contributed by atoms with van der Waals surface area (Å²) in [6.07, 6.45) is 1.49. The highest BCUT2D eigenvalue weighted by molar-refractivity contribution is 6.05. The molecule has 0 aliphatic heterocycles. The topological polar surface area (TPSA) is 89.0 Å². The average molecular weight is 417 g/mol. The average Bonchev–Trinajstić information content (AvgIpc) is 2.79. The van der Waals surface area contributed by atoms with Crippen LogP contribution in [0.5, 0.6) is 11.5 Å². The molecule has 0 unspecified atom stereocenters. The van der Waals surface area contributed by atoms with Crippen molar-refractivity contribution in [3.63, 3.8) is 0 Å². The molecule has 3 aromatic rings. The molecule has 2 N–H and O–H groups in total. The van der Waals surface area contributed by atoms with E-state index in [1.807, 2.05) is 19.1 Å². The van der Waals surface area contributed by atoms with Crippen molar-refractivity contribution in [1.82, 2.24) is 5.43 Å². The van der Waals surface area contributed by atoms with Crippen LogP contribution in [0.2, 0.25) is 0 Å². The Bertz CT molecular complexity index is 1110. The first-order valence-corrected chi connectivity index (χ1v) is 9.53. The standard InChI is InChI=1S/C24H23N3O4/c1-16-7-9-17(10-8-16)23(28)26-20-6-4-5-18(13-20)24(29)27-25-15-19-11-12-21(30-2)14-22(19)31-3/h4-15H,1-3H3,(H,26,28)(H,27,29). The fourth-order valence-electron chi connectivity index (χ4n) is 2.80. The third-order valence-electron chi connectivity index (χ3n) is 4.51. The van der Waals surface area contributed by atoms with Gasteiger partial charge >= 0.3 is 0 Å². The van der Waals surface area contributed by atoms with E-state index in [9.17, 15) is 9.59 Å². The molecule has 3 rings (SSSR count). The van der Waals surface area contributed by atoms with Crippen molar-refractivity contribution in [2.45, 2.75) is 6.92 Å². The van der Waals surface area contributed by atoms with Crippen LogP contribution in [0.15, 0.2) is 71.8 Å². The van der Waals surface area contributed by atoms with Gasteiger partial charge in [-0.3, -0.25) is 9.59 Å². The van der Waals surface area contributed by atoms with E-state index < -0.39 is 5.91 Å². The molecule has 158 valence electrons. The third-order valence-corrected chi connectivity index (χ3v) is 4.51. The summed E-state index contributed by atoms with van der Waals surface area (Å²) in [5.74, 6) is 0.568. The summed E-state index contributed by atoms with van der Waals surface area (Å²) < 4.78 is 10.5. The maximum Gasteiger partial charge on any atom is 0.271 e. The molecule has 0 fully saturated rings. The van der Waals surface area contributed by atoms with Crippen molar-refractivity contribution >= 4 is 23.7 Å². The smallest absolute Gasteiger partial charge is 0.271 e. The predicted octanol–water partition coefficient (Wildman–Crippen LogP) is 4.03. The monoisotopic (exact) mass is 417 g/mol. The van der Waals surface area contributed by atoms with Gasteiger partial charge in [-0.05, 0) is 49.4 Å². The molecule has 0 radical (unpaired) electrons. The highest BCUT2D eigenvalue weighted by Crippen LogP contribution is 2.23. The summed E-state index contributed by atoms with van der Waals surface area (Å²) in [6.45, 7) is 1.96. The lowest BCUT2D eigenvalue weighted by Crippen LogP contribution is -2.18. The van der Waals surface area contributed by atoms with Crippen LogP contribution in [0.4, 0.5) is 5.69 Å². The van der Waals surface area contributed by atoms with Crippen molar-refractivity contribution in [3.8, 4) is 11.5 Å². The van der Waals surface area contributed by atoms with Crippen molar-refractivity contribution in [1.29, 1.82) is 0 Å². The predicted molar refractivity (Wildman–Crippen MR) is 120 cm³/mol. The number of rotatable bonds is 7. The van der Waals surface area contributed by atoms with E-state index in [1.165, 1.54) is 6.21 Å². The lowest BCUT2D eigenvalue weighted by atomic mass is 10.1. The largest absolute Gasteiger partial charge is 0.497 e. The molecule has 0 spiro atoms. The molecule has 2 amide bonds. The molecule has 7 heteroatoms. The van der Waals surface area contributed by atoms with Gasteiger partial charge in [-0.1, -0.05) is 23.8 Å². The van der Waals surface area contributed by atoms with Crippen LogP contribution in [0.3, 0.4) is 0 Å². The highest BCUT2D eigenvalue weighted by atomic mass is 16.5. The number of carbonyl (C=O) groups excluding carboxylic acids is 2. The minimum Gasteiger partial charge on any atom is -0.497 e. The van der Waals surface area contributed by atoms with Gasteiger partial charge in [0.2, 0.25) is 0 Å². The number of aryl methyl sites for hydroxylation is 1. The number of methoxy groups -OCH3 is 2. The molecular weight excluding hydrogens is 394 g/mol. The first-order valence-electron chi connectivity index (χ1n) is 9.53. The van der Waals surface area contributed by atoms with E-state index in [1.54, 1.807) is 68.8 Å². The van der Waals surface area contributed by atoms with Crippen LogP contribution in [-0.2, 0) is 0 Å². The molecule has 3 aromatic carbocycles. The summed E-state index contributed by atoms with van der Waals surface area (Å²) in [5, 5.41) is 6.79. The number of ether oxygens (including phenoxy) is 2. The normalized spacial score (nSPS) is 10.5. The number of nitrogens with one attached hydrogen (secondary N) is 2. The fraction of sp³-hybridized carbons (Fsp3) is 0.125. The van der Waals surface area contributed by atoms with Crippen LogP contribution in [-0.4, -0.2) is 32.2 Å². The zero-order valence-corrected chi connectivity index (χ0v) is 17.5. The van der Waals surface area contributed by atoms with Gasteiger partial charge in [-0.25, -0.2) is 5.43 Å². The number of carbonyl (C=O) groups is 2. The summed E-state index contributed by atoms with van der Waals surface area (Å²) in [6, 6.07) is 19.1. The van der Waals surface area contributed by atoms with E-state index in [-0.39, 0.29) is 5.91 Å². The molecule has 0 bridgehead atoms. The van der Waals surface area contributed by atoms with Crippen molar-refractivity contribution in [3.05, 3.63) is 89.0 Å². The first-order chi connectivity index (χ1) is 15.0. The van der Waals surface area contributed by atoms with Crippen LogP contribution in [0, 0.1) is 6.92 Å². The number of anilines is 1. The fourth-order valence-corrected chi connectivity index (χ4v) is 2.80. The molecule has 0 saturated carbocycles. The third kappa shape index (κ3) is 5.70. The van der Waals surface area contributed by atoms with Crippen molar-refractivity contribution < 1.29 is 19.1 Å². The Hall–Kier alpha value is -4.13. The molecular formula is C24H23N3O4. The summed E-state index contributed by atoms with van der Waals surface area (Å²) >= 11 is 0. The Morgan fingerprint density at radius 3 is 2.35 bits per heavy atom. The molecule has 0 saturated heterocycles.